The number of aryl methyl sites for hydroxylation is 2. The lowest BCUT2D eigenvalue weighted by Crippen LogP contribution is -2.20. The summed E-state index contributed by atoms with van der Waals surface area (Å²) >= 11 is 0. The molecule has 0 fully saturated rings. The molecule has 30 heavy (non-hydrogen) atoms. The molecule has 1 heterocycles. The Morgan fingerprint density at radius 1 is 0.933 bits per heavy atom. The molecule has 4 aromatic rings. The Bertz CT molecular complexity index is 1170. The standard InChI is InChI=1S/C24H21N3O3/c1-16-12-13-17(2)20(14-16)25-22(28)15-29-21-11-7-6-10-19(21)24-27-26-23(30-24)18-8-4-3-5-9-18/h3-14H,15H2,1-2H3,(H,25,28). The van der Waals surface area contributed by atoms with Crippen molar-refractivity contribution in [2.24, 2.45) is 0 Å². The van der Waals surface area contributed by atoms with Crippen LogP contribution in [0, 0.1) is 13.8 Å². The number of rotatable bonds is 6. The molecule has 1 N–H and O–H groups in total. The van der Waals surface area contributed by atoms with Crippen molar-refractivity contribution < 1.29 is 13.9 Å². The van der Waals surface area contributed by atoms with Gasteiger partial charge in [0.25, 0.3) is 11.8 Å². The van der Waals surface area contributed by atoms with Crippen molar-refractivity contribution >= 4 is 11.6 Å². The highest BCUT2D eigenvalue weighted by atomic mass is 16.5. The molecular weight excluding hydrogens is 378 g/mol. The second-order valence-electron chi connectivity index (χ2n) is 6.93. The number of hydrogen-bond donors (Lipinski definition) is 1. The molecule has 0 saturated carbocycles. The normalized spacial score (nSPS) is 10.6. The van der Waals surface area contributed by atoms with Gasteiger partial charge in [0.2, 0.25) is 5.89 Å². The number of amides is 1. The minimum absolute atomic E-state index is 0.135. The first-order valence-electron chi connectivity index (χ1n) is 9.58. The largest absolute Gasteiger partial charge is 0.483 e. The van der Waals surface area contributed by atoms with Crippen LogP contribution in [0.5, 0.6) is 5.75 Å². The zero-order valence-electron chi connectivity index (χ0n) is 16.8. The van der Waals surface area contributed by atoms with E-state index >= 15 is 0 Å². The van der Waals surface area contributed by atoms with E-state index in [1.807, 2.05) is 80.6 Å². The molecule has 3 aromatic carbocycles. The van der Waals surface area contributed by atoms with Gasteiger partial charge in [0.1, 0.15) is 5.75 Å². The Morgan fingerprint density at radius 2 is 1.67 bits per heavy atom. The maximum atomic E-state index is 12.4. The van der Waals surface area contributed by atoms with Gasteiger partial charge in [-0.3, -0.25) is 4.79 Å². The molecule has 0 atom stereocenters. The SMILES string of the molecule is Cc1ccc(C)c(NC(=O)COc2ccccc2-c2nnc(-c3ccccc3)o2)c1. The van der Waals surface area contributed by atoms with Crippen LogP contribution in [-0.2, 0) is 4.79 Å². The summed E-state index contributed by atoms with van der Waals surface area (Å²) in [7, 11) is 0. The summed E-state index contributed by atoms with van der Waals surface area (Å²) in [5, 5.41) is 11.2. The predicted molar refractivity (Wildman–Crippen MR) is 115 cm³/mol. The van der Waals surface area contributed by atoms with Crippen LogP contribution >= 0.6 is 0 Å². The van der Waals surface area contributed by atoms with Gasteiger partial charge >= 0.3 is 0 Å². The maximum Gasteiger partial charge on any atom is 0.262 e. The Hall–Kier alpha value is -3.93. The number of carbonyl (C=O) groups excluding carboxylic acids is 1. The first kappa shape index (κ1) is 19.4. The summed E-state index contributed by atoms with van der Waals surface area (Å²) in [6.45, 7) is 3.80. The van der Waals surface area contributed by atoms with Gasteiger partial charge in [0, 0.05) is 11.3 Å². The summed E-state index contributed by atoms with van der Waals surface area (Å²) in [5.74, 6) is 1.01. The second-order valence-corrected chi connectivity index (χ2v) is 6.93. The summed E-state index contributed by atoms with van der Waals surface area (Å²) in [5.41, 5.74) is 4.32. The lowest BCUT2D eigenvalue weighted by Gasteiger charge is -2.11. The molecule has 6 heteroatoms. The van der Waals surface area contributed by atoms with Crippen molar-refractivity contribution in [2.45, 2.75) is 13.8 Å². The maximum absolute atomic E-state index is 12.4. The third-order valence-corrected chi connectivity index (χ3v) is 4.59. The molecule has 1 amide bonds. The average molecular weight is 399 g/mol. The minimum Gasteiger partial charge on any atom is -0.483 e. The first-order chi connectivity index (χ1) is 14.6. The summed E-state index contributed by atoms with van der Waals surface area (Å²) in [6, 6.07) is 22.7. The van der Waals surface area contributed by atoms with Crippen LogP contribution in [0.4, 0.5) is 5.69 Å². The lowest BCUT2D eigenvalue weighted by molar-refractivity contribution is -0.118. The molecule has 0 aliphatic heterocycles. The van der Waals surface area contributed by atoms with Crippen molar-refractivity contribution in [3.63, 3.8) is 0 Å². The third-order valence-electron chi connectivity index (χ3n) is 4.59. The van der Waals surface area contributed by atoms with E-state index in [9.17, 15) is 4.79 Å². The van der Waals surface area contributed by atoms with Gasteiger partial charge in [0.05, 0.1) is 5.56 Å². The lowest BCUT2D eigenvalue weighted by atomic mass is 10.1. The fourth-order valence-corrected chi connectivity index (χ4v) is 3.00. The van der Waals surface area contributed by atoms with Crippen LogP contribution in [0.25, 0.3) is 22.9 Å². The van der Waals surface area contributed by atoms with E-state index in [1.165, 1.54) is 0 Å². The molecule has 0 unspecified atom stereocenters. The first-order valence-corrected chi connectivity index (χ1v) is 9.58. The molecule has 0 saturated heterocycles. The zero-order valence-corrected chi connectivity index (χ0v) is 16.8. The van der Waals surface area contributed by atoms with E-state index in [-0.39, 0.29) is 12.5 Å². The van der Waals surface area contributed by atoms with Gasteiger partial charge in [0.15, 0.2) is 6.61 Å². The number of benzene rings is 3. The minimum atomic E-state index is -0.242. The topological polar surface area (TPSA) is 77.2 Å². The van der Waals surface area contributed by atoms with Gasteiger partial charge in [-0.1, -0.05) is 42.5 Å². The van der Waals surface area contributed by atoms with Crippen LogP contribution in [0.3, 0.4) is 0 Å². The molecule has 6 nitrogen and oxygen atoms in total. The summed E-state index contributed by atoms with van der Waals surface area (Å²) in [4.78, 5) is 12.4. The molecule has 1 aromatic heterocycles. The molecule has 0 radical (unpaired) electrons. The number of anilines is 1. The van der Waals surface area contributed by atoms with Gasteiger partial charge < -0.3 is 14.5 Å². The average Bonchev–Trinajstić information content (AvgIpc) is 3.26. The van der Waals surface area contributed by atoms with Crippen molar-refractivity contribution in [1.82, 2.24) is 10.2 Å². The van der Waals surface area contributed by atoms with E-state index in [2.05, 4.69) is 15.5 Å². The number of hydrogen-bond acceptors (Lipinski definition) is 5. The van der Waals surface area contributed by atoms with E-state index in [0.29, 0.717) is 23.1 Å². The molecule has 0 aliphatic carbocycles. The molecule has 0 bridgehead atoms. The number of nitrogens with zero attached hydrogens (tertiary/aromatic N) is 2. The second kappa shape index (κ2) is 8.61. The highest BCUT2D eigenvalue weighted by molar-refractivity contribution is 5.92. The predicted octanol–water partition coefficient (Wildman–Crippen LogP) is 5.04. The Morgan fingerprint density at radius 3 is 2.50 bits per heavy atom. The zero-order chi connectivity index (χ0) is 20.9. The van der Waals surface area contributed by atoms with Crippen LogP contribution < -0.4 is 10.1 Å². The Balaban J connectivity index is 1.48. The monoisotopic (exact) mass is 399 g/mol. The fourth-order valence-electron chi connectivity index (χ4n) is 3.00. The van der Waals surface area contributed by atoms with Gasteiger partial charge in [-0.15, -0.1) is 10.2 Å². The third kappa shape index (κ3) is 4.38. The number of aromatic nitrogens is 2. The van der Waals surface area contributed by atoms with E-state index in [0.717, 1.165) is 22.4 Å². The van der Waals surface area contributed by atoms with E-state index in [4.69, 9.17) is 9.15 Å². The van der Waals surface area contributed by atoms with Crippen LogP contribution in [0.2, 0.25) is 0 Å². The number of para-hydroxylation sites is 1. The molecule has 0 spiro atoms. The van der Waals surface area contributed by atoms with Crippen LogP contribution in [0.1, 0.15) is 11.1 Å². The van der Waals surface area contributed by atoms with Crippen molar-refractivity contribution in [3.8, 4) is 28.7 Å². The van der Waals surface area contributed by atoms with Crippen LogP contribution in [0.15, 0.2) is 77.2 Å². The van der Waals surface area contributed by atoms with Gasteiger partial charge in [-0.25, -0.2) is 0 Å². The molecule has 4 rings (SSSR count). The number of carbonyl (C=O) groups is 1. The van der Waals surface area contributed by atoms with E-state index in [1.54, 1.807) is 6.07 Å². The van der Waals surface area contributed by atoms with Crippen LogP contribution in [-0.4, -0.2) is 22.7 Å². The molecule has 150 valence electrons. The summed E-state index contributed by atoms with van der Waals surface area (Å²) < 4.78 is 11.6. The van der Waals surface area contributed by atoms with E-state index < -0.39 is 0 Å². The smallest absolute Gasteiger partial charge is 0.262 e. The van der Waals surface area contributed by atoms with Gasteiger partial charge in [-0.2, -0.15) is 0 Å². The molecular formula is C24H21N3O3. The van der Waals surface area contributed by atoms with Crippen molar-refractivity contribution in [3.05, 3.63) is 83.9 Å². The fraction of sp³-hybridized carbons (Fsp3) is 0.125. The number of nitrogens with one attached hydrogen (secondary N) is 1. The van der Waals surface area contributed by atoms with Crippen molar-refractivity contribution in [1.29, 1.82) is 0 Å². The highest BCUT2D eigenvalue weighted by Crippen LogP contribution is 2.31. The quantitative estimate of drug-likeness (QED) is 0.492. The van der Waals surface area contributed by atoms with Crippen molar-refractivity contribution in [2.75, 3.05) is 11.9 Å². The summed E-state index contributed by atoms with van der Waals surface area (Å²) in [6.07, 6.45) is 0. The molecule has 0 aliphatic rings. The van der Waals surface area contributed by atoms with Gasteiger partial charge in [-0.05, 0) is 55.3 Å². The Labute approximate surface area is 174 Å². The highest BCUT2D eigenvalue weighted by Gasteiger charge is 2.15. The Kier molecular flexibility index (Phi) is 5.57. The number of ether oxygens (including phenoxy) is 1.